The molecule has 0 aliphatic heterocycles. The molecule has 3 rings (SSSR count). The van der Waals surface area contributed by atoms with E-state index < -0.39 is 0 Å². The molecule has 0 aliphatic rings. The molecule has 7 heteroatoms. The predicted octanol–water partition coefficient (Wildman–Crippen LogP) is 4.53. The number of benzene rings is 2. The van der Waals surface area contributed by atoms with Crippen LogP contribution in [0.3, 0.4) is 0 Å². The molecule has 0 fully saturated rings. The van der Waals surface area contributed by atoms with E-state index in [1.807, 2.05) is 54.9 Å². The molecule has 26 heavy (non-hydrogen) atoms. The Kier molecular flexibility index (Phi) is 6.41. The second kappa shape index (κ2) is 8.96. The summed E-state index contributed by atoms with van der Waals surface area (Å²) >= 11 is 7.48. The highest BCUT2D eigenvalue weighted by Gasteiger charge is 2.10. The van der Waals surface area contributed by atoms with Gasteiger partial charge in [0.2, 0.25) is 0 Å². The van der Waals surface area contributed by atoms with Gasteiger partial charge in [0, 0.05) is 17.8 Å². The first-order valence-electron chi connectivity index (χ1n) is 8.21. The number of aryl methyl sites for hydroxylation is 1. The van der Waals surface area contributed by atoms with Crippen LogP contribution in [0.1, 0.15) is 11.4 Å². The molecular weight excluding hydrogens is 370 g/mol. The summed E-state index contributed by atoms with van der Waals surface area (Å²) in [7, 11) is 1.94. The highest BCUT2D eigenvalue weighted by Crippen LogP contribution is 2.20. The zero-order valence-electron chi connectivity index (χ0n) is 14.7. The van der Waals surface area contributed by atoms with Crippen LogP contribution in [0, 0.1) is 6.92 Å². The Labute approximate surface area is 162 Å². The molecule has 0 bridgehead atoms. The first-order valence-corrected chi connectivity index (χ1v) is 9.57. The summed E-state index contributed by atoms with van der Waals surface area (Å²) in [6.07, 6.45) is 0. The third kappa shape index (κ3) is 4.93. The van der Waals surface area contributed by atoms with Crippen molar-refractivity contribution < 1.29 is 9.47 Å². The Morgan fingerprint density at radius 2 is 1.81 bits per heavy atom. The average Bonchev–Trinajstić information content (AvgIpc) is 2.99. The van der Waals surface area contributed by atoms with Gasteiger partial charge in [-0.2, -0.15) is 0 Å². The summed E-state index contributed by atoms with van der Waals surface area (Å²) in [5.41, 5.74) is 1.14. The highest BCUT2D eigenvalue weighted by atomic mass is 35.5. The van der Waals surface area contributed by atoms with Crippen molar-refractivity contribution in [2.24, 2.45) is 7.05 Å². The zero-order chi connectivity index (χ0) is 18.4. The second-order valence-electron chi connectivity index (χ2n) is 5.66. The third-order valence-corrected chi connectivity index (χ3v) is 5.01. The van der Waals surface area contributed by atoms with E-state index in [1.54, 1.807) is 23.9 Å². The molecule has 5 nitrogen and oxygen atoms in total. The largest absolute Gasteiger partial charge is 0.492 e. The monoisotopic (exact) mass is 389 g/mol. The number of hydrogen-bond donors (Lipinski definition) is 0. The molecule has 136 valence electrons. The lowest BCUT2D eigenvalue weighted by molar-refractivity contribution is 0.290. The summed E-state index contributed by atoms with van der Waals surface area (Å²) in [6, 6.07) is 15.3. The molecule has 0 saturated heterocycles. The normalized spacial score (nSPS) is 10.7. The van der Waals surface area contributed by atoms with Crippen molar-refractivity contribution in [3.8, 4) is 11.5 Å². The lowest BCUT2D eigenvalue weighted by Gasteiger charge is -2.09. The van der Waals surface area contributed by atoms with E-state index in [0.717, 1.165) is 33.8 Å². The maximum Gasteiger partial charge on any atom is 0.191 e. The average molecular weight is 390 g/mol. The number of rotatable bonds is 8. The SMILES string of the molecule is Cc1ccccc1OCCSc1nnc(COc2ccc(Cl)cc2)n1C. The van der Waals surface area contributed by atoms with Crippen molar-refractivity contribution in [2.75, 3.05) is 12.4 Å². The lowest BCUT2D eigenvalue weighted by atomic mass is 10.2. The minimum absolute atomic E-state index is 0.353. The first-order chi connectivity index (χ1) is 12.6. The van der Waals surface area contributed by atoms with Crippen LogP contribution in [-0.4, -0.2) is 27.1 Å². The molecule has 0 atom stereocenters. The molecule has 0 aliphatic carbocycles. The van der Waals surface area contributed by atoms with E-state index in [4.69, 9.17) is 21.1 Å². The second-order valence-corrected chi connectivity index (χ2v) is 7.16. The van der Waals surface area contributed by atoms with Crippen LogP contribution in [-0.2, 0) is 13.7 Å². The van der Waals surface area contributed by atoms with Crippen molar-refractivity contribution in [1.82, 2.24) is 14.8 Å². The van der Waals surface area contributed by atoms with E-state index in [-0.39, 0.29) is 0 Å². The van der Waals surface area contributed by atoms with Crippen LogP contribution in [0.2, 0.25) is 5.02 Å². The molecule has 1 heterocycles. The van der Waals surface area contributed by atoms with Gasteiger partial charge in [0.1, 0.15) is 18.1 Å². The Hall–Kier alpha value is -2.18. The van der Waals surface area contributed by atoms with Gasteiger partial charge in [-0.1, -0.05) is 41.6 Å². The summed E-state index contributed by atoms with van der Waals surface area (Å²) < 4.78 is 13.5. The Morgan fingerprint density at radius 1 is 1.04 bits per heavy atom. The predicted molar refractivity (Wildman–Crippen MR) is 104 cm³/mol. The molecule has 0 spiro atoms. The summed E-state index contributed by atoms with van der Waals surface area (Å²) in [6.45, 7) is 3.00. The Bertz CT molecular complexity index is 852. The zero-order valence-corrected chi connectivity index (χ0v) is 16.3. The number of thioether (sulfide) groups is 1. The van der Waals surface area contributed by atoms with Gasteiger partial charge in [0.25, 0.3) is 0 Å². The Balaban J connectivity index is 1.47. The quantitative estimate of drug-likeness (QED) is 0.418. The fourth-order valence-corrected chi connectivity index (χ4v) is 3.15. The van der Waals surface area contributed by atoms with Crippen molar-refractivity contribution in [3.05, 3.63) is 64.9 Å². The number of halogens is 1. The Morgan fingerprint density at radius 3 is 2.58 bits per heavy atom. The van der Waals surface area contributed by atoms with Crippen LogP contribution in [0.4, 0.5) is 0 Å². The first kappa shape index (κ1) is 18.6. The fourth-order valence-electron chi connectivity index (χ4n) is 2.28. The molecular formula is C19H20ClN3O2S. The van der Waals surface area contributed by atoms with Crippen LogP contribution in [0.25, 0.3) is 0 Å². The number of ether oxygens (including phenoxy) is 2. The summed E-state index contributed by atoms with van der Waals surface area (Å²) in [5.74, 6) is 3.22. The highest BCUT2D eigenvalue weighted by molar-refractivity contribution is 7.99. The topological polar surface area (TPSA) is 49.2 Å². The van der Waals surface area contributed by atoms with Gasteiger partial charge in [-0.3, -0.25) is 0 Å². The van der Waals surface area contributed by atoms with E-state index >= 15 is 0 Å². The smallest absolute Gasteiger partial charge is 0.191 e. The third-order valence-electron chi connectivity index (χ3n) is 3.77. The maximum atomic E-state index is 5.87. The molecule has 1 aromatic heterocycles. The van der Waals surface area contributed by atoms with E-state index in [0.29, 0.717) is 18.2 Å². The molecule has 2 aromatic carbocycles. The van der Waals surface area contributed by atoms with Gasteiger partial charge in [-0.25, -0.2) is 0 Å². The number of hydrogen-bond acceptors (Lipinski definition) is 5. The van der Waals surface area contributed by atoms with Gasteiger partial charge in [-0.15, -0.1) is 10.2 Å². The van der Waals surface area contributed by atoms with Gasteiger partial charge < -0.3 is 14.0 Å². The van der Waals surface area contributed by atoms with Crippen molar-refractivity contribution >= 4 is 23.4 Å². The van der Waals surface area contributed by atoms with Gasteiger partial charge >= 0.3 is 0 Å². The van der Waals surface area contributed by atoms with Crippen molar-refractivity contribution in [3.63, 3.8) is 0 Å². The van der Waals surface area contributed by atoms with Crippen molar-refractivity contribution in [1.29, 1.82) is 0 Å². The molecule has 3 aromatic rings. The molecule has 0 radical (unpaired) electrons. The van der Waals surface area contributed by atoms with Crippen molar-refractivity contribution in [2.45, 2.75) is 18.7 Å². The maximum absolute atomic E-state index is 5.87. The van der Waals surface area contributed by atoms with E-state index in [1.165, 1.54) is 0 Å². The molecule has 0 amide bonds. The summed E-state index contributed by atoms with van der Waals surface area (Å²) in [4.78, 5) is 0. The van der Waals surface area contributed by atoms with Gasteiger partial charge in [0.15, 0.2) is 11.0 Å². The van der Waals surface area contributed by atoms with Crippen LogP contribution in [0.5, 0.6) is 11.5 Å². The fraction of sp³-hybridized carbons (Fsp3) is 0.263. The minimum Gasteiger partial charge on any atom is -0.492 e. The molecule has 0 N–H and O–H groups in total. The molecule has 0 saturated carbocycles. The number of para-hydroxylation sites is 1. The van der Waals surface area contributed by atoms with E-state index in [9.17, 15) is 0 Å². The number of nitrogens with zero attached hydrogens (tertiary/aromatic N) is 3. The van der Waals surface area contributed by atoms with Gasteiger partial charge in [0.05, 0.1) is 6.61 Å². The van der Waals surface area contributed by atoms with Gasteiger partial charge in [-0.05, 0) is 42.8 Å². The number of aromatic nitrogens is 3. The van der Waals surface area contributed by atoms with Crippen LogP contribution in [0.15, 0.2) is 53.7 Å². The van der Waals surface area contributed by atoms with Crippen LogP contribution < -0.4 is 9.47 Å². The molecule has 0 unspecified atom stereocenters. The van der Waals surface area contributed by atoms with E-state index in [2.05, 4.69) is 10.2 Å². The standard InChI is InChI=1S/C19H20ClN3O2S/c1-14-5-3-4-6-17(14)24-11-12-26-19-22-21-18(23(19)2)13-25-16-9-7-15(20)8-10-16/h3-10H,11-13H2,1-2H3. The summed E-state index contributed by atoms with van der Waals surface area (Å²) in [5, 5.41) is 9.95. The van der Waals surface area contributed by atoms with Crippen LogP contribution >= 0.6 is 23.4 Å². The minimum atomic E-state index is 0.353. The lowest BCUT2D eigenvalue weighted by Crippen LogP contribution is -2.05.